The van der Waals surface area contributed by atoms with Crippen molar-refractivity contribution < 1.29 is 9.53 Å². The molecule has 0 aromatic carbocycles. The molecule has 4 nitrogen and oxygen atoms in total. The number of hydrogen-bond donors (Lipinski definition) is 1. The number of piperidine rings is 1. The second-order valence-electron chi connectivity index (χ2n) is 5.41. The standard InChI is InChI=1S/C14H26N2O2/c1-2-16(11-13-5-3-4-8-15-13)14(17)12-6-9-18-10-7-12/h12-13,15H,2-11H2,1H3. The summed E-state index contributed by atoms with van der Waals surface area (Å²) in [7, 11) is 0. The van der Waals surface area contributed by atoms with E-state index in [-0.39, 0.29) is 5.92 Å². The van der Waals surface area contributed by atoms with Gasteiger partial charge >= 0.3 is 0 Å². The van der Waals surface area contributed by atoms with Crippen LogP contribution in [0.1, 0.15) is 39.0 Å². The van der Waals surface area contributed by atoms with E-state index < -0.39 is 0 Å². The van der Waals surface area contributed by atoms with Gasteiger partial charge in [0.2, 0.25) is 5.91 Å². The normalized spacial score (nSPS) is 25.9. The molecule has 2 rings (SSSR count). The van der Waals surface area contributed by atoms with Crippen LogP contribution in [0, 0.1) is 5.92 Å². The van der Waals surface area contributed by atoms with E-state index in [9.17, 15) is 4.79 Å². The van der Waals surface area contributed by atoms with Crippen molar-refractivity contribution in [1.82, 2.24) is 10.2 Å². The minimum absolute atomic E-state index is 0.197. The molecule has 0 aromatic heterocycles. The highest BCUT2D eigenvalue weighted by atomic mass is 16.5. The zero-order chi connectivity index (χ0) is 12.8. The van der Waals surface area contributed by atoms with Gasteiger partial charge in [0.25, 0.3) is 0 Å². The Morgan fingerprint density at radius 3 is 2.67 bits per heavy atom. The molecular weight excluding hydrogens is 228 g/mol. The lowest BCUT2D eigenvalue weighted by Crippen LogP contribution is -2.47. The Bertz CT molecular complexity index is 259. The fourth-order valence-corrected chi connectivity index (χ4v) is 2.92. The number of amides is 1. The van der Waals surface area contributed by atoms with Gasteiger partial charge in [-0.15, -0.1) is 0 Å². The number of ether oxygens (including phenoxy) is 1. The number of carbonyl (C=O) groups is 1. The van der Waals surface area contributed by atoms with Crippen molar-refractivity contribution >= 4 is 5.91 Å². The molecule has 0 bridgehead atoms. The first kappa shape index (κ1) is 13.8. The first-order valence-electron chi connectivity index (χ1n) is 7.41. The maximum Gasteiger partial charge on any atom is 0.225 e. The maximum absolute atomic E-state index is 12.4. The first-order valence-corrected chi connectivity index (χ1v) is 7.41. The van der Waals surface area contributed by atoms with Gasteiger partial charge in [-0.1, -0.05) is 6.42 Å². The van der Waals surface area contributed by atoms with Crippen LogP contribution in [0.15, 0.2) is 0 Å². The molecule has 0 spiro atoms. The summed E-state index contributed by atoms with van der Waals surface area (Å²) in [6.45, 7) is 6.39. The van der Waals surface area contributed by atoms with Crippen LogP contribution < -0.4 is 5.32 Å². The summed E-state index contributed by atoms with van der Waals surface area (Å²) in [5.74, 6) is 0.537. The zero-order valence-electron chi connectivity index (χ0n) is 11.5. The molecular formula is C14H26N2O2. The second kappa shape index (κ2) is 7.10. The number of nitrogens with zero attached hydrogens (tertiary/aromatic N) is 1. The Morgan fingerprint density at radius 1 is 1.28 bits per heavy atom. The highest BCUT2D eigenvalue weighted by Gasteiger charge is 2.27. The van der Waals surface area contributed by atoms with Gasteiger partial charge < -0.3 is 15.0 Å². The van der Waals surface area contributed by atoms with Gasteiger partial charge in [-0.05, 0) is 39.2 Å². The topological polar surface area (TPSA) is 41.6 Å². The van der Waals surface area contributed by atoms with E-state index in [0.717, 1.165) is 45.7 Å². The van der Waals surface area contributed by atoms with E-state index in [4.69, 9.17) is 4.74 Å². The predicted octanol–water partition coefficient (Wildman–Crippen LogP) is 1.40. The summed E-state index contributed by atoms with van der Waals surface area (Å²) < 4.78 is 5.33. The van der Waals surface area contributed by atoms with Crippen LogP contribution >= 0.6 is 0 Å². The third-order valence-electron chi connectivity index (χ3n) is 4.12. The number of carbonyl (C=O) groups excluding carboxylic acids is 1. The van der Waals surface area contributed by atoms with Gasteiger partial charge in [-0.2, -0.15) is 0 Å². The number of hydrogen-bond acceptors (Lipinski definition) is 3. The van der Waals surface area contributed by atoms with Crippen molar-refractivity contribution in [3.63, 3.8) is 0 Å². The van der Waals surface area contributed by atoms with E-state index in [2.05, 4.69) is 12.2 Å². The lowest BCUT2D eigenvalue weighted by Gasteiger charge is -2.33. The summed E-state index contributed by atoms with van der Waals surface area (Å²) in [6.07, 6.45) is 5.57. The smallest absolute Gasteiger partial charge is 0.225 e. The summed E-state index contributed by atoms with van der Waals surface area (Å²) in [4.78, 5) is 14.5. The molecule has 1 atom stereocenters. The van der Waals surface area contributed by atoms with Gasteiger partial charge in [-0.3, -0.25) is 4.79 Å². The van der Waals surface area contributed by atoms with Gasteiger partial charge in [0.1, 0.15) is 0 Å². The van der Waals surface area contributed by atoms with E-state index >= 15 is 0 Å². The molecule has 1 unspecified atom stereocenters. The van der Waals surface area contributed by atoms with Crippen molar-refractivity contribution in [3.8, 4) is 0 Å². The van der Waals surface area contributed by atoms with Crippen LogP contribution in [0.3, 0.4) is 0 Å². The molecule has 18 heavy (non-hydrogen) atoms. The minimum Gasteiger partial charge on any atom is -0.381 e. The molecule has 1 N–H and O–H groups in total. The van der Waals surface area contributed by atoms with Crippen LogP contribution in [-0.4, -0.2) is 49.7 Å². The first-order chi connectivity index (χ1) is 8.81. The largest absolute Gasteiger partial charge is 0.381 e. The molecule has 2 heterocycles. The van der Waals surface area contributed by atoms with Crippen molar-refractivity contribution in [2.75, 3.05) is 32.8 Å². The third kappa shape index (κ3) is 3.69. The van der Waals surface area contributed by atoms with E-state index in [1.807, 2.05) is 4.90 Å². The van der Waals surface area contributed by atoms with Gasteiger partial charge in [0, 0.05) is 38.3 Å². The zero-order valence-corrected chi connectivity index (χ0v) is 11.5. The molecule has 0 aliphatic carbocycles. The number of likely N-dealkylation sites (N-methyl/N-ethyl adjacent to an activating group) is 1. The Hall–Kier alpha value is -0.610. The predicted molar refractivity (Wildman–Crippen MR) is 71.4 cm³/mol. The Morgan fingerprint density at radius 2 is 2.06 bits per heavy atom. The van der Waals surface area contributed by atoms with Crippen LogP contribution in [0.5, 0.6) is 0 Å². The Kier molecular flexibility index (Phi) is 5.45. The summed E-state index contributed by atoms with van der Waals surface area (Å²) in [5.41, 5.74) is 0. The summed E-state index contributed by atoms with van der Waals surface area (Å²) in [5, 5.41) is 3.52. The molecule has 4 heteroatoms. The molecule has 2 saturated heterocycles. The minimum atomic E-state index is 0.197. The van der Waals surface area contributed by atoms with E-state index in [1.165, 1.54) is 19.3 Å². The lowest BCUT2D eigenvalue weighted by atomic mass is 9.97. The highest BCUT2D eigenvalue weighted by molar-refractivity contribution is 5.79. The summed E-state index contributed by atoms with van der Waals surface area (Å²) >= 11 is 0. The maximum atomic E-state index is 12.4. The van der Waals surface area contributed by atoms with Crippen LogP contribution in [0.25, 0.3) is 0 Å². The van der Waals surface area contributed by atoms with Gasteiger partial charge in [0.15, 0.2) is 0 Å². The molecule has 2 aliphatic heterocycles. The lowest BCUT2D eigenvalue weighted by molar-refractivity contribution is -0.138. The molecule has 0 saturated carbocycles. The average molecular weight is 254 g/mol. The SMILES string of the molecule is CCN(CC1CCCCN1)C(=O)C1CCOCC1. The summed E-state index contributed by atoms with van der Waals surface area (Å²) in [6, 6.07) is 0.502. The molecule has 2 fully saturated rings. The van der Waals surface area contributed by atoms with Crippen molar-refractivity contribution in [3.05, 3.63) is 0 Å². The van der Waals surface area contributed by atoms with E-state index in [1.54, 1.807) is 0 Å². The number of nitrogens with one attached hydrogen (secondary N) is 1. The van der Waals surface area contributed by atoms with Crippen LogP contribution in [-0.2, 0) is 9.53 Å². The highest BCUT2D eigenvalue weighted by Crippen LogP contribution is 2.18. The quantitative estimate of drug-likeness (QED) is 0.824. The molecule has 0 radical (unpaired) electrons. The Labute approximate surface area is 110 Å². The van der Waals surface area contributed by atoms with Crippen molar-refractivity contribution in [2.45, 2.75) is 45.1 Å². The average Bonchev–Trinajstić information content (AvgIpc) is 2.46. The monoisotopic (exact) mass is 254 g/mol. The number of rotatable bonds is 4. The van der Waals surface area contributed by atoms with Gasteiger partial charge in [-0.25, -0.2) is 0 Å². The second-order valence-corrected chi connectivity index (χ2v) is 5.41. The van der Waals surface area contributed by atoms with Gasteiger partial charge in [0.05, 0.1) is 0 Å². The van der Waals surface area contributed by atoms with Crippen molar-refractivity contribution in [2.24, 2.45) is 5.92 Å². The van der Waals surface area contributed by atoms with Crippen LogP contribution in [0.2, 0.25) is 0 Å². The third-order valence-corrected chi connectivity index (χ3v) is 4.12. The molecule has 1 amide bonds. The van der Waals surface area contributed by atoms with Crippen LogP contribution in [0.4, 0.5) is 0 Å². The molecule has 0 aromatic rings. The fourth-order valence-electron chi connectivity index (χ4n) is 2.92. The fraction of sp³-hybridized carbons (Fsp3) is 0.929. The van der Waals surface area contributed by atoms with Crippen molar-refractivity contribution in [1.29, 1.82) is 0 Å². The van der Waals surface area contributed by atoms with E-state index in [0.29, 0.717) is 11.9 Å². The molecule has 2 aliphatic rings. The Balaban J connectivity index is 1.84. The molecule has 104 valence electrons.